The number of aryl methyl sites for hydroxylation is 1. The van der Waals surface area contributed by atoms with Gasteiger partial charge in [-0.2, -0.15) is 0 Å². The standard InChI is InChI=1S/C10H9BrO4/c1-2-5-3-6(11)4-7(8(5)12)9(13)10(14)15/h3-4,12H,2H2,1H3,(H,14,15). The van der Waals surface area contributed by atoms with E-state index in [-0.39, 0.29) is 11.3 Å². The fourth-order valence-electron chi connectivity index (χ4n) is 1.21. The minimum atomic E-state index is -1.58. The normalized spacial score (nSPS) is 10.0. The van der Waals surface area contributed by atoms with Gasteiger partial charge in [0.15, 0.2) is 0 Å². The summed E-state index contributed by atoms with van der Waals surface area (Å²) in [5, 5.41) is 18.2. The number of phenolic OH excluding ortho intramolecular Hbond substituents is 1. The van der Waals surface area contributed by atoms with E-state index >= 15 is 0 Å². The molecule has 0 atom stereocenters. The molecule has 0 saturated carbocycles. The SMILES string of the molecule is CCc1cc(Br)cc(C(=O)C(=O)O)c1O. The molecule has 80 valence electrons. The highest BCUT2D eigenvalue weighted by atomic mass is 79.9. The van der Waals surface area contributed by atoms with E-state index in [0.717, 1.165) is 0 Å². The first-order chi connectivity index (χ1) is 6.97. The number of hydrogen-bond acceptors (Lipinski definition) is 3. The minimum absolute atomic E-state index is 0.186. The van der Waals surface area contributed by atoms with Gasteiger partial charge in [0.2, 0.25) is 0 Å². The zero-order valence-electron chi connectivity index (χ0n) is 7.95. The first kappa shape index (κ1) is 11.7. The number of ketones is 1. The number of benzene rings is 1. The van der Waals surface area contributed by atoms with Crippen LogP contribution in [-0.4, -0.2) is 22.0 Å². The summed E-state index contributed by atoms with van der Waals surface area (Å²) in [7, 11) is 0. The van der Waals surface area contributed by atoms with Gasteiger partial charge in [0.1, 0.15) is 5.75 Å². The highest BCUT2D eigenvalue weighted by Crippen LogP contribution is 2.28. The Hall–Kier alpha value is -1.36. The van der Waals surface area contributed by atoms with Crippen molar-refractivity contribution in [1.82, 2.24) is 0 Å². The van der Waals surface area contributed by atoms with E-state index in [9.17, 15) is 14.7 Å². The van der Waals surface area contributed by atoms with Gasteiger partial charge in [-0.25, -0.2) is 4.79 Å². The van der Waals surface area contributed by atoms with Crippen LogP contribution in [0.3, 0.4) is 0 Å². The Kier molecular flexibility index (Phi) is 3.47. The molecule has 4 nitrogen and oxygen atoms in total. The topological polar surface area (TPSA) is 74.6 Å². The molecule has 0 radical (unpaired) electrons. The number of halogens is 1. The van der Waals surface area contributed by atoms with E-state index in [1.54, 1.807) is 13.0 Å². The molecule has 0 bridgehead atoms. The average Bonchev–Trinajstić information content (AvgIpc) is 2.19. The smallest absolute Gasteiger partial charge is 0.377 e. The van der Waals surface area contributed by atoms with Gasteiger partial charge in [-0.15, -0.1) is 0 Å². The van der Waals surface area contributed by atoms with Crippen molar-refractivity contribution < 1.29 is 19.8 Å². The van der Waals surface area contributed by atoms with E-state index in [2.05, 4.69) is 15.9 Å². The Bertz CT molecular complexity index is 426. The van der Waals surface area contributed by atoms with Crippen molar-refractivity contribution in [3.8, 4) is 5.75 Å². The Morgan fingerprint density at radius 1 is 1.40 bits per heavy atom. The van der Waals surface area contributed by atoms with Crippen LogP contribution < -0.4 is 0 Å². The fourth-order valence-corrected chi connectivity index (χ4v) is 1.72. The van der Waals surface area contributed by atoms with Gasteiger partial charge >= 0.3 is 5.97 Å². The van der Waals surface area contributed by atoms with Crippen LogP contribution >= 0.6 is 15.9 Å². The van der Waals surface area contributed by atoms with Crippen LogP contribution in [-0.2, 0) is 11.2 Å². The summed E-state index contributed by atoms with van der Waals surface area (Å²) < 4.78 is 0.571. The average molecular weight is 273 g/mol. The van der Waals surface area contributed by atoms with E-state index in [0.29, 0.717) is 16.5 Å². The number of hydrogen-bond donors (Lipinski definition) is 2. The third kappa shape index (κ3) is 2.36. The first-order valence-electron chi connectivity index (χ1n) is 4.26. The van der Waals surface area contributed by atoms with Crippen LogP contribution in [0, 0.1) is 0 Å². The second-order valence-electron chi connectivity index (χ2n) is 2.95. The molecule has 0 heterocycles. The number of carbonyl (C=O) groups excluding carboxylic acids is 1. The Balaban J connectivity index is 3.35. The Morgan fingerprint density at radius 3 is 2.47 bits per heavy atom. The predicted octanol–water partition coefficient (Wildman–Crippen LogP) is 1.98. The van der Waals surface area contributed by atoms with Gasteiger partial charge in [0.05, 0.1) is 5.56 Å². The maximum atomic E-state index is 11.2. The summed E-state index contributed by atoms with van der Waals surface area (Å²) in [6.45, 7) is 1.80. The first-order valence-corrected chi connectivity index (χ1v) is 5.05. The second-order valence-corrected chi connectivity index (χ2v) is 3.86. The maximum absolute atomic E-state index is 11.2. The van der Waals surface area contributed by atoms with Crippen LogP contribution in [0.4, 0.5) is 0 Å². The van der Waals surface area contributed by atoms with E-state index in [4.69, 9.17) is 5.11 Å². The van der Waals surface area contributed by atoms with Crippen LogP contribution in [0.25, 0.3) is 0 Å². The molecule has 15 heavy (non-hydrogen) atoms. The zero-order chi connectivity index (χ0) is 11.6. The number of rotatable bonds is 3. The van der Waals surface area contributed by atoms with Crippen molar-refractivity contribution in [3.63, 3.8) is 0 Å². The molecule has 0 unspecified atom stereocenters. The molecule has 1 aromatic rings. The largest absolute Gasteiger partial charge is 0.507 e. The van der Waals surface area contributed by atoms with Crippen molar-refractivity contribution in [2.45, 2.75) is 13.3 Å². The van der Waals surface area contributed by atoms with Crippen molar-refractivity contribution in [1.29, 1.82) is 0 Å². The van der Waals surface area contributed by atoms with Crippen LogP contribution in [0.2, 0.25) is 0 Å². The molecule has 2 N–H and O–H groups in total. The van der Waals surface area contributed by atoms with Crippen LogP contribution in [0.15, 0.2) is 16.6 Å². The molecule has 0 aromatic heterocycles. The van der Waals surface area contributed by atoms with Crippen molar-refractivity contribution >= 4 is 27.7 Å². The Morgan fingerprint density at radius 2 is 2.00 bits per heavy atom. The third-order valence-electron chi connectivity index (χ3n) is 1.97. The summed E-state index contributed by atoms with van der Waals surface area (Å²) >= 11 is 3.15. The lowest BCUT2D eigenvalue weighted by Gasteiger charge is -2.06. The number of aliphatic carboxylic acids is 1. The highest BCUT2D eigenvalue weighted by molar-refractivity contribution is 9.10. The van der Waals surface area contributed by atoms with Crippen molar-refractivity contribution in [3.05, 3.63) is 27.7 Å². The Labute approximate surface area is 94.7 Å². The van der Waals surface area contributed by atoms with Crippen LogP contribution in [0.1, 0.15) is 22.8 Å². The molecule has 0 fully saturated rings. The van der Waals surface area contributed by atoms with Crippen molar-refractivity contribution in [2.75, 3.05) is 0 Å². The fraction of sp³-hybridized carbons (Fsp3) is 0.200. The quantitative estimate of drug-likeness (QED) is 0.652. The summed E-state index contributed by atoms with van der Waals surface area (Å²) in [5.74, 6) is -2.94. The van der Waals surface area contributed by atoms with Crippen LogP contribution in [0.5, 0.6) is 5.75 Å². The molecule has 0 aliphatic heterocycles. The van der Waals surface area contributed by atoms with E-state index in [1.165, 1.54) is 6.07 Å². The summed E-state index contributed by atoms with van der Waals surface area (Å²) in [4.78, 5) is 21.7. The third-order valence-corrected chi connectivity index (χ3v) is 2.43. The van der Waals surface area contributed by atoms with Gasteiger partial charge in [-0.05, 0) is 24.1 Å². The van der Waals surface area contributed by atoms with E-state index < -0.39 is 11.8 Å². The molecule has 0 saturated heterocycles. The summed E-state index contributed by atoms with van der Waals surface area (Å²) in [6.07, 6.45) is 0.519. The number of carboxylic acids is 1. The lowest BCUT2D eigenvalue weighted by atomic mass is 10.0. The molecular weight excluding hydrogens is 264 g/mol. The number of carbonyl (C=O) groups is 2. The number of Topliss-reactive ketones (excluding diaryl/α,β-unsaturated/α-hetero) is 1. The molecule has 0 aliphatic rings. The molecule has 1 aromatic carbocycles. The number of carboxylic acid groups (broad SMARTS) is 1. The molecule has 0 spiro atoms. The molecule has 0 aliphatic carbocycles. The molecular formula is C10H9BrO4. The zero-order valence-corrected chi connectivity index (χ0v) is 9.54. The van der Waals surface area contributed by atoms with Gasteiger partial charge in [0.25, 0.3) is 5.78 Å². The molecule has 0 amide bonds. The van der Waals surface area contributed by atoms with E-state index in [1.807, 2.05) is 0 Å². The van der Waals surface area contributed by atoms with Gasteiger partial charge < -0.3 is 10.2 Å². The molecule has 1 rings (SSSR count). The molecule has 5 heteroatoms. The lowest BCUT2D eigenvalue weighted by molar-refractivity contribution is -0.131. The minimum Gasteiger partial charge on any atom is -0.507 e. The van der Waals surface area contributed by atoms with Gasteiger partial charge in [0, 0.05) is 4.47 Å². The predicted molar refractivity (Wildman–Crippen MR) is 57.2 cm³/mol. The lowest BCUT2D eigenvalue weighted by Crippen LogP contribution is -2.13. The summed E-state index contributed by atoms with van der Waals surface area (Å²) in [5.41, 5.74) is 0.350. The second kappa shape index (κ2) is 4.44. The maximum Gasteiger partial charge on any atom is 0.377 e. The van der Waals surface area contributed by atoms with Crippen molar-refractivity contribution in [2.24, 2.45) is 0 Å². The number of aromatic hydroxyl groups is 1. The van der Waals surface area contributed by atoms with Gasteiger partial charge in [-0.1, -0.05) is 22.9 Å². The van der Waals surface area contributed by atoms with Gasteiger partial charge in [-0.3, -0.25) is 4.79 Å². The number of phenols is 1. The highest BCUT2D eigenvalue weighted by Gasteiger charge is 2.20. The monoisotopic (exact) mass is 272 g/mol. The summed E-state index contributed by atoms with van der Waals surface area (Å²) in [6, 6.07) is 2.94.